The molecule has 35 heavy (non-hydrogen) atoms. The maximum absolute atomic E-state index is 13.1. The molecular formula is C26H24N4O5. The number of hydrogen-bond donors (Lipinski definition) is 2. The van der Waals surface area contributed by atoms with Gasteiger partial charge in [-0.1, -0.05) is 24.1 Å². The summed E-state index contributed by atoms with van der Waals surface area (Å²) in [6, 6.07) is 14.6. The summed E-state index contributed by atoms with van der Waals surface area (Å²) in [6.07, 6.45) is 1.46. The Morgan fingerprint density at radius 1 is 1.20 bits per heavy atom. The van der Waals surface area contributed by atoms with E-state index in [2.05, 4.69) is 27.1 Å². The molecule has 1 atom stereocenters. The maximum Gasteiger partial charge on any atom is 0.270 e. The van der Waals surface area contributed by atoms with Gasteiger partial charge in [-0.05, 0) is 50.1 Å². The lowest BCUT2D eigenvalue weighted by Crippen LogP contribution is -2.49. The van der Waals surface area contributed by atoms with Gasteiger partial charge in [-0.15, -0.1) is 0 Å². The van der Waals surface area contributed by atoms with E-state index in [1.807, 2.05) is 18.2 Å². The van der Waals surface area contributed by atoms with Crippen molar-refractivity contribution in [2.75, 3.05) is 18.6 Å². The highest BCUT2D eigenvalue weighted by Gasteiger charge is 2.32. The summed E-state index contributed by atoms with van der Waals surface area (Å²) < 4.78 is 11.5. The highest BCUT2D eigenvalue weighted by molar-refractivity contribution is 6.02. The molecule has 1 aliphatic rings. The molecular weight excluding hydrogens is 448 g/mol. The normalized spacial score (nSPS) is 15.1. The SMILES string of the molecule is CN1C(=O)[C@@H](NC(=O)c2cc(Oc3ccccc3)ccn2)COc2ccc(C#CC(C)(C)O)nc21. The molecule has 3 heterocycles. The Morgan fingerprint density at radius 3 is 2.71 bits per heavy atom. The van der Waals surface area contributed by atoms with Crippen molar-refractivity contribution in [3.8, 4) is 29.1 Å². The van der Waals surface area contributed by atoms with E-state index in [1.165, 1.54) is 17.2 Å². The van der Waals surface area contributed by atoms with Gasteiger partial charge in [0.2, 0.25) is 0 Å². The van der Waals surface area contributed by atoms with Crippen LogP contribution >= 0.6 is 0 Å². The molecule has 2 N–H and O–H groups in total. The summed E-state index contributed by atoms with van der Waals surface area (Å²) in [7, 11) is 1.54. The maximum atomic E-state index is 13.1. The van der Waals surface area contributed by atoms with Crippen molar-refractivity contribution in [1.82, 2.24) is 15.3 Å². The first-order valence-corrected chi connectivity index (χ1v) is 10.9. The van der Waals surface area contributed by atoms with Crippen molar-refractivity contribution < 1.29 is 24.2 Å². The molecule has 0 spiro atoms. The Morgan fingerprint density at radius 2 is 1.97 bits per heavy atom. The summed E-state index contributed by atoms with van der Waals surface area (Å²) >= 11 is 0. The Bertz CT molecular complexity index is 1310. The van der Waals surface area contributed by atoms with E-state index in [9.17, 15) is 14.7 Å². The number of fused-ring (bicyclic) bond motifs is 1. The molecule has 178 valence electrons. The minimum Gasteiger partial charge on any atom is -0.487 e. The summed E-state index contributed by atoms with van der Waals surface area (Å²) in [5.41, 5.74) is -0.714. The van der Waals surface area contributed by atoms with E-state index in [0.29, 0.717) is 22.9 Å². The van der Waals surface area contributed by atoms with Crippen molar-refractivity contribution in [2.24, 2.45) is 0 Å². The van der Waals surface area contributed by atoms with Crippen LogP contribution in [0.1, 0.15) is 30.0 Å². The molecule has 9 nitrogen and oxygen atoms in total. The predicted octanol–water partition coefficient (Wildman–Crippen LogP) is 2.55. The summed E-state index contributed by atoms with van der Waals surface area (Å²) in [5, 5.41) is 12.5. The summed E-state index contributed by atoms with van der Waals surface area (Å²) in [6.45, 7) is 3.04. The third-order valence-electron chi connectivity index (χ3n) is 4.94. The van der Waals surface area contributed by atoms with Crippen LogP contribution in [-0.4, -0.2) is 52.2 Å². The molecule has 0 radical (unpaired) electrons. The number of aromatic nitrogens is 2. The van der Waals surface area contributed by atoms with Crippen LogP contribution in [-0.2, 0) is 4.79 Å². The molecule has 0 saturated carbocycles. The number of nitrogens with zero attached hydrogens (tertiary/aromatic N) is 3. The smallest absolute Gasteiger partial charge is 0.270 e. The Balaban J connectivity index is 1.48. The van der Waals surface area contributed by atoms with Gasteiger partial charge in [-0.25, -0.2) is 4.98 Å². The number of carbonyl (C=O) groups excluding carboxylic acids is 2. The van der Waals surface area contributed by atoms with Gasteiger partial charge in [0, 0.05) is 19.3 Å². The second kappa shape index (κ2) is 9.83. The van der Waals surface area contributed by atoms with Gasteiger partial charge < -0.3 is 19.9 Å². The van der Waals surface area contributed by atoms with Gasteiger partial charge in [0.15, 0.2) is 11.6 Å². The van der Waals surface area contributed by atoms with Crippen LogP contribution in [0.15, 0.2) is 60.8 Å². The number of amides is 2. The van der Waals surface area contributed by atoms with E-state index in [4.69, 9.17) is 9.47 Å². The molecule has 3 aromatic rings. The lowest BCUT2D eigenvalue weighted by Gasteiger charge is -2.19. The molecule has 1 aromatic carbocycles. The number of carbonyl (C=O) groups is 2. The molecule has 4 rings (SSSR count). The van der Waals surface area contributed by atoms with Crippen LogP contribution in [0.2, 0.25) is 0 Å². The summed E-state index contributed by atoms with van der Waals surface area (Å²) in [5.74, 6) is 6.22. The van der Waals surface area contributed by atoms with Crippen LogP contribution in [0.4, 0.5) is 5.82 Å². The molecule has 1 aliphatic heterocycles. The van der Waals surface area contributed by atoms with Crippen molar-refractivity contribution in [2.45, 2.75) is 25.5 Å². The number of hydrogen-bond acceptors (Lipinski definition) is 7. The zero-order valence-electron chi connectivity index (χ0n) is 19.5. The lowest BCUT2D eigenvalue weighted by molar-refractivity contribution is -0.120. The van der Waals surface area contributed by atoms with Gasteiger partial charge >= 0.3 is 0 Å². The Kier molecular flexibility index (Phi) is 6.66. The molecule has 0 fully saturated rings. The van der Waals surface area contributed by atoms with Crippen LogP contribution in [0.3, 0.4) is 0 Å². The molecule has 2 aromatic heterocycles. The Hall–Kier alpha value is -4.42. The average molecular weight is 473 g/mol. The first kappa shape index (κ1) is 23.7. The molecule has 0 unspecified atom stereocenters. The van der Waals surface area contributed by atoms with Crippen LogP contribution in [0.5, 0.6) is 17.2 Å². The molecule has 9 heteroatoms. The number of anilines is 1. The quantitative estimate of drug-likeness (QED) is 0.561. The third kappa shape index (κ3) is 5.93. The largest absolute Gasteiger partial charge is 0.487 e. The number of ether oxygens (including phenoxy) is 2. The fourth-order valence-electron chi connectivity index (χ4n) is 3.22. The first-order valence-electron chi connectivity index (χ1n) is 10.9. The second-order valence-electron chi connectivity index (χ2n) is 8.35. The van der Waals surface area contributed by atoms with Gasteiger partial charge in [0.25, 0.3) is 11.8 Å². The zero-order chi connectivity index (χ0) is 25.0. The molecule has 0 aliphatic carbocycles. The minimum atomic E-state index is -1.18. The number of likely N-dealkylation sites (N-methyl/N-ethyl adjacent to an activating group) is 1. The van der Waals surface area contributed by atoms with Crippen molar-refractivity contribution in [3.05, 3.63) is 72.2 Å². The van der Waals surface area contributed by atoms with Crippen molar-refractivity contribution in [1.29, 1.82) is 0 Å². The molecule has 0 saturated heterocycles. The van der Waals surface area contributed by atoms with Crippen LogP contribution < -0.4 is 19.7 Å². The topological polar surface area (TPSA) is 114 Å². The van der Waals surface area contributed by atoms with Gasteiger partial charge in [0.05, 0.1) is 0 Å². The van der Waals surface area contributed by atoms with Crippen molar-refractivity contribution in [3.63, 3.8) is 0 Å². The lowest BCUT2D eigenvalue weighted by atomic mass is 10.1. The minimum absolute atomic E-state index is 0.0848. The van der Waals surface area contributed by atoms with Crippen LogP contribution in [0, 0.1) is 11.8 Å². The van der Waals surface area contributed by atoms with Crippen molar-refractivity contribution >= 4 is 17.6 Å². The van der Waals surface area contributed by atoms with Crippen LogP contribution in [0.25, 0.3) is 0 Å². The van der Waals surface area contributed by atoms with Gasteiger partial charge in [-0.3, -0.25) is 19.5 Å². The fourth-order valence-corrected chi connectivity index (χ4v) is 3.22. The third-order valence-corrected chi connectivity index (χ3v) is 4.94. The van der Waals surface area contributed by atoms with Gasteiger partial charge in [0.1, 0.15) is 41.1 Å². The highest BCUT2D eigenvalue weighted by atomic mass is 16.5. The standard InChI is InChI=1S/C26H24N4O5/c1-26(2,33)13-11-17-9-10-22-23(28-17)30(3)25(32)21(16-34-22)29-24(31)20-15-19(12-14-27-20)35-18-7-5-4-6-8-18/h4-10,12,14-15,21,33H,16H2,1-3H3,(H,29,31)/t21-/m0/s1. The first-order chi connectivity index (χ1) is 16.7. The number of benzene rings is 1. The van der Waals surface area contributed by atoms with Gasteiger partial charge in [-0.2, -0.15) is 0 Å². The predicted molar refractivity (Wildman–Crippen MR) is 128 cm³/mol. The van der Waals surface area contributed by atoms with E-state index in [-0.39, 0.29) is 18.1 Å². The zero-order valence-corrected chi connectivity index (χ0v) is 19.5. The molecule has 0 bridgehead atoms. The highest BCUT2D eigenvalue weighted by Crippen LogP contribution is 2.29. The van der Waals surface area contributed by atoms with E-state index in [1.54, 1.807) is 51.2 Å². The molecule has 2 amide bonds. The number of nitrogens with one attached hydrogen (secondary N) is 1. The van der Waals surface area contributed by atoms with E-state index >= 15 is 0 Å². The fraction of sp³-hybridized carbons (Fsp3) is 0.231. The number of para-hydroxylation sites is 1. The number of aliphatic hydroxyl groups is 1. The number of rotatable bonds is 4. The summed E-state index contributed by atoms with van der Waals surface area (Å²) in [4.78, 5) is 35.8. The van der Waals surface area contributed by atoms with E-state index in [0.717, 1.165) is 0 Å². The van der Waals surface area contributed by atoms with E-state index < -0.39 is 23.5 Å². The number of pyridine rings is 2. The average Bonchev–Trinajstić information content (AvgIpc) is 2.95. The monoisotopic (exact) mass is 472 g/mol. The second-order valence-corrected chi connectivity index (χ2v) is 8.35. The Labute approximate surface area is 202 Å².